The van der Waals surface area contributed by atoms with Crippen molar-refractivity contribution in [2.45, 2.75) is 26.3 Å². The normalized spacial score (nSPS) is 13.1. The topological polar surface area (TPSA) is 78.3 Å². The average molecular weight is 174 g/mol. The Balaban J connectivity index is 3.61. The van der Waals surface area contributed by atoms with Gasteiger partial charge in [-0.1, -0.05) is 13.8 Å². The second-order valence-corrected chi connectivity index (χ2v) is 3.19. The van der Waals surface area contributed by atoms with Gasteiger partial charge in [-0.3, -0.25) is 4.79 Å². The molecule has 0 aliphatic carbocycles. The van der Waals surface area contributed by atoms with Gasteiger partial charge in [-0.15, -0.1) is 0 Å². The number of rotatable bonds is 5. The molecule has 4 nitrogen and oxygen atoms in total. The van der Waals surface area contributed by atoms with Gasteiger partial charge < -0.3 is 16.2 Å². The first-order chi connectivity index (χ1) is 5.57. The van der Waals surface area contributed by atoms with Crippen molar-refractivity contribution in [2.24, 2.45) is 17.4 Å². The fraction of sp³-hybridized carbons (Fsp3) is 0.875. The first kappa shape index (κ1) is 11.4. The molecule has 72 valence electrons. The summed E-state index contributed by atoms with van der Waals surface area (Å²) < 4.78 is 4.76. The van der Waals surface area contributed by atoms with E-state index in [0.29, 0.717) is 18.9 Å². The van der Waals surface area contributed by atoms with Crippen molar-refractivity contribution in [1.82, 2.24) is 0 Å². The predicted octanol–water partition coefficient (Wildman–Crippen LogP) is -0.138. The van der Waals surface area contributed by atoms with Crippen LogP contribution in [0.4, 0.5) is 0 Å². The Labute approximate surface area is 73.2 Å². The molecule has 0 aromatic carbocycles. The van der Waals surface area contributed by atoms with Gasteiger partial charge in [-0.05, 0) is 12.3 Å². The monoisotopic (exact) mass is 174 g/mol. The predicted molar refractivity (Wildman–Crippen MR) is 47.4 cm³/mol. The van der Waals surface area contributed by atoms with Crippen molar-refractivity contribution in [3.05, 3.63) is 0 Å². The molecule has 12 heavy (non-hydrogen) atoms. The Hall–Kier alpha value is -0.610. The van der Waals surface area contributed by atoms with Crippen molar-refractivity contribution in [1.29, 1.82) is 0 Å². The fourth-order valence-corrected chi connectivity index (χ4v) is 0.871. The van der Waals surface area contributed by atoms with Gasteiger partial charge in [-0.25, -0.2) is 0 Å². The third-order valence-corrected chi connectivity index (χ3v) is 1.39. The van der Waals surface area contributed by atoms with Crippen LogP contribution in [-0.4, -0.2) is 25.2 Å². The maximum atomic E-state index is 11.0. The number of nitrogens with two attached hydrogens (primary N) is 2. The number of ether oxygens (including phenoxy) is 1. The maximum Gasteiger partial charge on any atom is 0.322 e. The van der Waals surface area contributed by atoms with Crippen LogP contribution < -0.4 is 11.5 Å². The van der Waals surface area contributed by atoms with Gasteiger partial charge in [-0.2, -0.15) is 0 Å². The van der Waals surface area contributed by atoms with Gasteiger partial charge in [0.15, 0.2) is 0 Å². The van der Waals surface area contributed by atoms with E-state index in [1.165, 1.54) is 0 Å². The lowest BCUT2D eigenvalue weighted by molar-refractivity contribution is -0.145. The van der Waals surface area contributed by atoms with Crippen molar-refractivity contribution in [3.63, 3.8) is 0 Å². The molecule has 0 bridgehead atoms. The number of carbonyl (C=O) groups is 1. The molecule has 0 heterocycles. The summed E-state index contributed by atoms with van der Waals surface area (Å²) in [7, 11) is 0. The van der Waals surface area contributed by atoms with E-state index in [2.05, 4.69) is 0 Å². The molecule has 0 aromatic rings. The molecule has 0 rings (SSSR count). The highest BCUT2D eigenvalue weighted by Crippen LogP contribution is 2.03. The van der Waals surface area contributed by atoms with Crippen molar-refractivity contribution in [2.75, 3.05) is 13.2 Å². The van der Waals surface area contributed by atoms with Crippen LogP contribution in [0.2, 0.25) is 0 Å². The van der Waals surface area contributed by atoms with Crippen LogP contribution in [0.1, 0.15) is 20.3 Å². The highest BCUT2D eigenvalue weighted by atomic mass is 16.5. The number of hydrogen-bond donors (Lipinski definition) is 2. The lowest BCUT2D eigenvalue weighted by Crippen LogP contribution is -2.34. The summed E-state index contributed by atoms with van der Waals surface area (Å²) in [5.74, 6) is 0.0552. The van der Waals surface area contributed by atoms with Crippen LogP contribution in [0.25, 0.3) is 0 Å². The zero-order valence-corrected chi connectivity index (χ0v) is 7.75. The van der Waals surface area contributed by atoms with E-state index in [1.54, 1.807) is 0 Å². The lowest BCUT2D eigenvalue weighted by atomic mass is 10.1. The first-order valence-corrected chi connectivity index (χ1v) is 4.20. The molecule has 0 saturated heterocycles. The number of esters is 1. The van der Waals surface area contributed by atoms with Crippen LogP contribution in [-0.2, 0) is 9.53 Å². The highest BCUT2D eigenvalue weighted by Gasteiger charge is 2.15. The van der Waals surface area contributed by atoms with E-state index in [1.807, 2.05) is 13.8 Å². The summed E-state index contributed by atoms with van der Waals surface area (Å²) in [5.41, 5.74) is 10.7. The molecule has 0 amide bonds. The average Bonchev–Trinajstić information content (AvgIpc) is 1.98. The molecule has 0 spiro atoms. The molecule has 0 radical (unpaired) electrons. The summed E-state index contributed by atoms with van der Waals surface area (Å²) in [6.07, 6.45) is 0.656. The lowest BCUT2D eigenvalue weighted by Gasteiger charge is -2.12. The minimum atomic E-state index is -0.503. The molecule has 4 heteroatoms. The van der Waals surface area contributed by atoms with E-state index < -0.39 is 6.04 Å². The highest BCUT2D eigenvalue weighted by molar-refractivity contribution is 5.75. The number of carbonyl (C=O) groups excluding carboxylic acids is 1. The van der Waals surface area contributed by atoms with E-state index >= 15 is 0 Å². The molecular formula is C8H18N2O2. The fourth-order valence-electron chi connectivity index (χ4n) is 0.871. The maximum absolute atomic E-state index is 11.0. The smallest absolute Gasteiger partial charge is 0.322 e. The van der Waals surface area contributed by atoms with Crippen molar-refractivity contribution < 1.29 is 9.53 Å². The second-order valence-electron chi connectivity index (χ2n) is 3.19. The Morgan fingerprint density at radius 2 is 2.08 bits per heavy atom. The third-order valence-electron chi connectivity index (χ3n) is 1.39. The molecule has 0 fully saturated rings. The molecule has 0 unspecified atom stereocenters. The minimum Gasteiger partial charge on any atom is -0.463 e. The van der Waals surface area contributed by atoms with Crippen LogP contribution in [0.15, 0.2) is 0 Å². The Morgan fingerprint density at radius 1 is 1.50 bits per heavy atom. The second kappa shape index (κ2) is 5.97. The summed E-state index contributed by atoms with van der Waals surface area (Å²) in [5, 5.41) is 0. The minimum absolute atomic E-state index is 0.255. The van der Waals surface area contributed by atoms with Gasteiger partial charge in [0.2, 0.25) is 0 Å². The molecule has 4 N–H and O–H groups in total. The van der Waals surface area contributed by atoms with Crippen LogP contribution in [0, 0.1) is 5.92 Å². The van der Waals surface area contributed by atoms with Gasteiger partial charge in [0.25, 0.3) is 0 Å². The molecule has 0 aliphatic rings. The van der Waals surface area contributed by atoms with Crippen molar-refractivity contribution in [3.8, 4) is 0 Å². The van der Waals surface area contributed by atoms with Gasteiger partial charge >= 0.3 is 5.97 Å². The van der Waals surface area contributed by atoms with Crippen LogP contribution in [0.3, 0.4) is 0 Å². The van der Waals surface area contributed by atoms with E-state index in [-0.39, 0.29) is 12.6 Å². The quantitative estimate of drug-likeness (QED) is 0.569. The van der Waals surface area contributed by atoms with E-state index in [9.17, 15) is 4.79 Å². The summed E-state index contributed by atoms with van der Waals surface area (Å²) in [6.45, 7) is 4.62. The summed E-state index contributed by atoms with van der Waals surface area (Å²) >= 11 is 0. The van der Waals surface area contributed by atoms with E-state index in [0.717, 1.165) is 0 Å². The molecular weight excluding hydrogens is 156 g/mol. The number of hydrogen-bond acceptors (Lipinski definition) is 4. The SMILES string of the molecule is CC(C)C[C@H](N)C(=O)OCCN. The summed E-state index contributed by atoms with van der Waals surface area (Å²) in [4.78, 5) is 11.0. The van der Waals surface area contributed by atoms with Gasteiger partial charge in [0, 0.05) is 6.54 Å². The zero-order valence-electron chi connectivity index (χ0n) is 7.75. The van der Waals surface area contributed by atoms with Gasteiger partial charge in [0.05, 0.1) is 0 Å². The third kappa shape index (κ3) is 5.09. The van der Waals surface area contributed by atoms with Crippen LogP contribution >= 0.6 is 0 Å². The first-order valence-electron chi connectivity index (χ1n) is 4.20. The van der Waals surface area contributed by atoms with Crippen LogP contribution in [0.5, 0.6) is 0 Å². The largest absolute Gasteiger partial charge is 0.463 e. The Bertz CT molecular complexity index is 137. The Morgan fingerprint density at radius 3 is 2.50 bits per heavy atom. The van der Waals surface area contributed by atoms with Gasteiger partial charge in [0.1, 0.15) is 12.6 Å². The summed E-state index contributed by atoms with van der Waals surface area (Å²) in [6, 6.07) is -0.503. The standard InChI is InChI=1S/C8H18N2O2/c1-6(2)5-7(10)8(11)12-4-3-9/h6-7H,3-5,9-10H2,1-2H3/t7-/m0/s1. The Kier molecular flexibility index (Phi) is 5.66. The zero-order chi connectivity index (χ0) is 9.56. The molecule has 0 aliphatic heterocycles. The van der Waals surface area contributed by atoms with E-state index in [4.69, 9.17) is 16.2 Å². The molecule has 1 atom stereocenters. The molecule has 0 aromatic heterocycles. The molecule has 0 saturated carbocycles. The van der Waals surface area contributed by atoms with Crippen molar-refractivity contribution >= 4 is 5.97 Å².